The van der Waals surface area contributed by atoms with Crippen LogP contribution in [0.15, 0.2) is 60.7 Å². The second-order valence-corrected chi connectivity index (χ2v) is 14.9. The topological polar surface area (TPSA) is 117 Å². The summed E-state index contributed by atoms with van der Waals surface area (Å²) in [5.74, 6) is 0.763. The van der Waals surface area contributed by atoms with Crippen molar-refractivity contribution < 1.29 is 52.2 Å². The molecule has 1 atom stereocenters. The minimum absolute atomic E-state index is 0.204. The molecule has 0 aliphatic heterocycles. The molecular formula is C47H60O11. The first kappa shape index (κ1) is 46.1. The molecule has 314 valence electrons. The lowest BCUT2D eigenvalue weighted by Gasteiger charge is -2.35. The lowest BCUT2D eigenvalue weighted by Crippen LogP contribution is -2.28. The van der Waals surface area contributed by atoms with Crippen molar-refractivity contribution in [2.24, 2.45) is 0 Å². The molecule has 0 amide bonds. The first-order valence-electron chi connectivity index (χ1n) is 19.3. The Morgan fingerprint density at radius 3 is 1.03 bits per heavy atom. The average molecular weight is 801 g/mol. The van der Waals surface area contributed by atoms with Crippen LogP contribution in [0.1, 0.15) is 103 Å². The third kappa shape index (κ3) is 10.3. The van der Waals surface area contributed by atoms with Crippen molar-refractivity contribution in [3.63, 3.8) is 0 Å². The molecule has 0 aromatic heterocycles. The second kappa shape index (κ2) is 20.9. The van der Waals surface area contributed by atoms with Gasteiger partial charge in [-0.2, -0.15) is 0 Å². The highest BCUT2D eigenvalue weighted by Gasteiger charge is 2.36. The van der Waals surface area contributed by atoms with Crippen molar-refractivity contribution in [2.75, 3.05) is 49.3 Å². The Morgan fingerprint density at radius 2 is 0.741 bits per heavy atom. The van der Waals surface area contributed by atoms with Crippen LogP contribution in [0.4, 0.5) is 0 Å². The van der Waals surface area contributed by atoms with Crippen LogP contribution in [0.2, 0.25) is 0 Å². The highest BCUT2D eigenvalue weighted by Crippen LogP contribution is 2.46. The number of esters is 2. The highest BCUT2D eigenvalue weighted by atomic mass is 16.5. The number of rotatable bonds is 21. The summed E-state index contributed by atoms with van der Waals surface area (Å²) in [7, 11) is 9.78. The van der Waals surface area contributed by atoms with Crippen LogP contribution in [0.3, 0.4) is 0 Å². The Morgan fingerprint density at radius 1 is 0.448 bits per heavy atom. The molecule has 0 N–H and O–H groups in total. The van der Waals surface area contributed by atoms with Crippen LogP contribution in [-0.4, -0.2) is 61.2 Å². The van der Waals surface area contributed by atoms with E-state index >= 15 is 0 Å². The fourth-order valence-electron chi connectivity index (χ4n) is 7.54. The Kier molecular flexibility index (Phi) is 16.6. The molecule has 0 aliphatic carbocycles. The maximum atomic E-state index is 12.3. The SMILES string of the molecule is CCOc1c(COC)cc(C(C)(c2ccc(C(C)(C)c3cc(COC)c(OC(C)=O)c(COC)c3)cc2)c2cc(COC)c(OC(C)=O)c(COC)c2)cc1COC. The van der Waals surface area contributed by atoms with Gasteiger partial charge >= 0.3 is 11.9 Å². The molecule has 11 nitrogen and oxygen atoms in total. The summed E-state index contributed by atoms with van der Waals surface area (Å²) in [6.07, 6.45) is 0. The van der Waals surface area contributed by atoms with Gasteiger partial charge in [-0.3, -0.25) is 9.59 Å². The van der Waals surface area contributed by atoms with Gasteiger partial charge in [-0.25, -0.2) is 0 Å². The van der Waals surface area contributed by atoms with E-state index in [-0.39, 0.29) is 26.4 Å². The van der Waals surface area contributed by atoms with Crippen LogP contribution in [0, 0.1) is 0 Å². The number of ether oxygens (including phenoxy) is 9. The smallest absolute Gasteiger partial charge is 0.308 e. The van der Waals surface area contributed by atoms with Gasteiger partial charge in [0.15, 0.2) is 0 Å². The first-order valence-corrected chi connectivity index (χ1v) is 19.3. The summed E-state index contributed by atoms with van der Waals surface area (Å²) in [6.45, 7) is 13.3. The zero-order valence-corrected chi connectivity index (χ0v) is 36.2. The average Bonchev–Trinajstić information content (AvgIpc) is 3.18. The monoisotopic (exact) mass is 800 g/mol. The first-order chi connectivity index (χ1) is 27.7. The Labute approximate surface area is 343 Å². The van der Waals surface area contributed by atoms with E-state index in [2.05, 4.69) is 57.2 Å². The molecule has 0 heterocycles. The number of carbonyl (C=O) groups excluding carboxylic acids is 2. The van der Waals surface area contributed by atoms with E-state index in [9.17, 15) is 9.59 Å². The molecule has 1 unspecified atom stereocenters. The summed E-state index contributed by atoms with van der Waals surface area (Å²) in [5.41, 5.74) is 8.40. The molecule has 11 heteroatoms. The molecule has 58 heavy (non-hydrogen) atoms. The fraction of sp³-hybridized carbons (Fsp3) is 0.447. The van der Waals surface area contributed by atoms with Gasteiger partial charge in [0.2, 0.25) is 0 Å². The van der Waals surface area contributed by atoms with Crippen molar-refractivity contribution in [1.82, 2.24) is 0 Å². The van der Waals surface area contributed by atoms with Crippen LogP contribution in [0.25, 0.3) is 0 Å². The van der Waals surface area contributed by atoms with Crippen molar-refractivity contribution in [3.8, 4) is 17.2 Å². The lowest BCUT2D eigenvalue weighted by molar-refractivity contribution is -0.133. The molecule has 4 aromatic carbocycles. The summed E-state index contributed by atoms with van der Waals surface area (Å²) in [4.78, 5) is 24.4. The minimum atomic E-state index is -0.791. The zero-order chi connectivity index (χ0) is 42.6. The lowest BCUT2D eigenvalue weighted by atomic mass is 9.68. The molecule has 0 saturated heterocycles. The number of carbonyl (C=O) groups is 2. The molecule has 4 rings (SSSR count). The van der Waals surface area contributed by atoms with Crippen LogP contribution in [0.5, 0.6) is 17.2 Å². The molecule has 0 spiro atoms. The van der Waals surface area contributed by atoms with E-state index in [4.69, 9.17) is 42.6 Å². The largest absolute Gasteiger partial charge is 0.493 e. The Bertz CT molecular complexity index is 1940. The van der Waals surface area contributed by atoms with Gasteiger partial charge in [-0.05, 0) is 78.1 Å². The van der Waals surface area contributed by atoms with Gasteiger partial charge in [-0.15, -0.1) is 0 Å². The standard InChI is InChI=1S/C47H60O11/c1-13-56-43-32(24-50-7)20-41(21-33(43)25-51-8)47(6,42-22-36(28-54-11)45(58-31(3)49)37(23-42)29-55-12)39-16-14-38(15-17-39)46(4,5)40-18-34(26-52-9)44(57-30(2)48)35(19-40)27-53-10/h14-23H,13,24-29H2,1-12H3. The van der Waals surface area contributed by atoms with Gasteiger partial charge in [-0.1, -0.05) is 38.1 Å². The van der Waals surface area contributed by atoms with E-state index < -0.39 is 22.8 Å². The summed E-state index contributed by atoms with van der Waals surface area (Å²) in [6, 6.07) is 21.0. The third-order valence-corrected chi connectivity index (χ3v) is 10.4. The highest BCUT2D eigenvalue weighted by molar-refractivity contribution is 5.72. The Hall–Kier alpha value is -4.62. The molecule has 0 aliphatic rings. The number of hydrogen-bond donors (Lipinski definition) is 0. The third-order valence-electron chi connectivity index (χ3n) is 10.4. The maximum absolute atomic E-state index is 12.3. The van der Waals surface area contributed by atoms with Gasteiger partial charge in [0, 0.05) is 101 Å². The van der Waals surface area contributed by atoms with Gasteiger partial charge < -0.3 is 42.6 Å². The van der Waals surface area contributed by atoms with E-state index in [0.29, 0.717) is 42.4 Å². The second-order valence-electron chi connectivity index (χ2n) is 14.9. The normalized spacial score (nSPS) is 12.6. The molecule has 0 fully saturated rings. The van der Waals surface area contributed by atoms with Gasteiger partial charge in [0.05, 0.1) is 46.2 Å². The zero-order valence-electron chi connectivity index (χ0n) is 36.2. The van der Waals surface area contributed by atoms with Crippen molar-refractivity contribution in [3.05, 3.63) is 122 Å². The van der Waals surface area contributed by atoms with Crippen molar-refractivity contribution in [1.29, 1.82) is 0 Å². The van der Waals surface area contributed by atoms with E-state index in [1.54, 1.807) is 42.7 Å². The Balaban J connectivity index is 2.04. The molecule has 0 radical (unpaired) electrons. The summed E-state index contributed by atoms with van der Waals surface area (Å²) < 4.78 is 51.5. The van der Waals surface area contributed by atoms with Gasteiger partial charge in [0.1, 0.15) is 17.2 Å². The predicted octanol–water partition coefficient (Wildman–Crippen LogP) is 8.49. The number of benzene rings is 4. The van der Waals surface area contributed by atoms with Crippen LogP contribution in [-0.2, 0) is 88.5 Å². The number of methoxy groups -OCH3 is 6. The van der Waals surface area contributed by atoms with Crippen molar-refractivity contribution in [2.45, 2.75) is 92.0 Å². The van der Waals surface area contributed by atoms with Gasteiger partial charge in [0.25, 0.3) is 0 Å². The number of hydrogen-bond acceptors (Lipinski definition) is 11. The van der Waals surface area contributed by atoms with Crippen LogP contribution >= 0.6 is 0 Å². The van der Waals surface area contributed by atoms with E-state index in [0.717, 1.165) is 55.8 Å². The van der Waals surface area contributed by atoms with Crippen LogP contribution < -0.4 is 14.2 Å². The van der Waals surface area contributed by atoms with E-state index in [1.165, 1.54) is 13.8 Å². The molecule has 4 aromatic rings. The predicted molar refractivity (Wildman–Crippen MR) is 222 cm³/mol. The molecular weight excluding hydrogens is 741 g/mol. The molecule has 0 saturated carbocycles. The maximum Gasteiger partial charge on any atom is 0.308 e. The van der Waals surface area contributed by atoms with E-state index in [1.807, 2.05) is 31.2 Å². The minimum Gasteiger partial charge on any atom is -0.493 e. The fourth-order valence-corrected chi connectivity index (χ4v) is 7.54. The molecule has 0 bridgehead atoms. The summed E-state index contributed by atoms with van der Waals surface area (Å²) in [5, 5.41) is 0. The quantitative estimate of drug-likeness (QED) is 0.0459. The summed E-state index contributed by atoms with van der Waals surface area (Å²) >= 11 is 0. The van der Waals surface area contributed by atoms with Crippen molar-refractivity contribution >= 4 is 11.9 Å².